The molecule has 0 bridgehead atoms. The summed E-state index contributed by atoms with van der Waals surface area (Å²) in [6.45, 7) is 4.82. The largest absolute Gasteiger partial charge is 0.472 e. The summed E-state index contributed by atoms with van der Waals surface area (Å²) in [5.41, 5.74) is 1.08. The van der Waals surface area contributed by atoms with Crippen LogP contribution in [0.5, 0.6) is 0 Å². The highest BCUT2D eigenvalue weighted by atomic mass is 16.6. The van der Waals surface area contributed by atoms with E-state index >= 15 is 0 Å². The van der Waals surface area contributed by atoms with Crippen molar-refractivity contribution in [2.24, 2.45) is 22.7 Å². The zero-order chi connectivity index (χ0) is 15.4. The number of carbonyl (C=O) groups is 1. The maximum Gasteiger partial charge on any atom is 0.313 e. The highest BCUT2D eigenvalue weighted by Gasteiger charge is 2.62. The summed E-state index contributed by atoms with van der Waals surface area (Å²) in [6, 6.07) is 1.93. The first-order valence-corrected chi connectivity index (χ1v) is 8.79. The van der Waals surface area contributed by atoms with Gasteiger partial charge in [0.2, 0.25) is 0 Å². The van der Waals surface area contributed by atoms with Crippen LogP contribution < -0.4 is 0 Å². The quantitative estimate of drug-likeness (QED) is 0.694. The van der Waals surface area contributed by atoms with Crippen LogP contribution in [-0.2, 0) is 9.53 Å². The van der Waals surface area contributed by atoms with Crippen LogP contribution in [0, 0.1) is 22.7 Å². The summed E-state index contributed by atoms with van der Waals surface area (Å²) in [4.78, 5) is 12.9. The lowest BCUT2D eigenvalue weighted by Gasteiger charge is -2.56. The average Bonchev–Trinajstić information content (AvgIpc) is 3.11. The van der Waals surface area contributed by atoms with Crippen molar-refractivity contribution < 1.29 is 13.9 Å². The van der Waals surface area contributed by atoms with Gasteiger partial charge in [-0.25, -0.2) is 0 Å². The van der Waals surface area contributed by atoms with E-state index in [1.807, 2.05) is 6.07 Å². The Morgan fingerprint density at radius 1 is 1.23 bits per heavy atom. The molecule has 3 fully saturated rings. The Labute approximate surface area is 132 Å². The minimum atomic E-state index is -0.246. The van der Waals surface area contributed by atoms with Crippen LogP contribution in [0.1, 0.15) is 70.5 Å². The number of hydrogen-bond donors (Lipinski definition) is 0. The van der Waals surface area contributed by atoms with E-state index in [4.69, 9.17) is 9.15 Å². The van der Waals surface area contributed by atoms with Gasteiger partial charge < -0.3 is 9.15 Å². The van der Waals surface area contributed by atoms with Gasteiger partial charge in [0.25, 0.3) is 0 Å². The first-order valence-electron chi connectivity index (χ1n) is 8.79. The number of carbonyl (C=O) groups excluding carboxylic acids is 1. The van der Waals surface area contributed by atoms with E-state index < -0.39 is 0 Å². The van der Waals surface area contributed by atoms with E-state index in [-0.39, 0.29) is 17.5 Å². The Morgan fingerprint density at radius 2 is 2.09 bits per heavy atom. The van der Waals surface area contributed by atoms with Crippen LogP contribution in [0.2, 0.25) is 0 Å². The lowest BCUT2D eigenvalue weighted by atomic mass is 9.47. The molecule has 1 aromatic heterocycles. The van der Waals surface area contributed by atoms with Crippen molar-refractivity contribution in [1.29, 1.82) is 0 Å². The number of esters is 1. The molecule has 1 spiro atoms. The number of cyclic esters (lactones) is 1. The van der Waals surface area contributed by atoms with Crippen molar-refractivity contribution >= 4 is 5.97 Å². The van der Waals surface area contributed by atoms with Crippen LogP contribution >= 0.6 is 0 Å². The van der Waals surface area contributed by atoms with E-state index in [1.54, 1.807) is 12.5 Å². The zero-order valence-electron chi connectivity index (χ0n) is 13.6. The number of hydrogen-bond acceptors (Lipinski definition) is 3. The molecule has 1 saturated heterocycles. The molecular weight excluding hydrogens is 276 g/mol. The van der Waals surface area contributed by atoms with Crippen molar-refractivity contribution in [1.82, 2.24) is 0 Å². The Bertz CT molecular complexity index is 563. The van der Waals surface area contributed by atoms with Crippen molar-refractivity contribution in [3.63, 3.8) is 0 Å². The van der Waals surface area contributed by atoms with Crippen LogP contribution in [0.4, 0.5) is 0 Å². The summed E-state index contributed by atoms with van der Waals surface area (Å²) < 4.78 is 11.0. The van der Waals surface area contributed by atoms with Gasteiger partial charge in [-0.05, 0) is 42.6 Å². The molecule has 3 aliphatic rings. The summed E-state index contributed by atoms with van der Waals surface area (Å²) in [5, 5.41) is 0. The summed E-state index contributed by atoms with van der Waals surface area (Å²) in [7, 11) is 0. The van der Waals surface area contributed by atoms with E-state index in [9.17, 15) is 4.79 Å². The van der Waals surface area contributed by atoms with Crippen molar-refractivity contribution in [2.45, 2.75) is 64.9 Å². The fourth-order valence-corrected chi connectivity index (χ4v) is 5.75. The molecule has 4 rings (SSSR count). The topological polar surface area (TPSA) is 39.4 Å². The van der Waals surface area contributed by atoms with Crippen molar-refractivity contribution in [2.75, 3.05) is 0 Å². The van der Waals surface area contributed by atoms with Gasteiger partial charge in [-0.2, -0.15) is 0 Å². The maximum absolute atomic E-state index is 12.9. The molecule has 3 nitrogen and oxygen atoms in total. The van der Waals surface area contributed by atoms with Crippen LogP contribution in [0.25, 0.3) is 0 Å². The third kappa shape index (κ3) is 1.83. The number of fused-ring (bicyclic) bond motifs is 2. The molecule has 1 aliphatic heterocycles. The Balaban J connectivity index is 1.69. The second-order valence-electron chi connectivity index (χ2n) is 8.05. The molecule has 0 amide bonds. The van der Waals surface area contributed by atoms with Gasteiger partial charge in [-0.15, -0.1) is 0 Å². The van der Waals surface area contributed by atoms with E-state index in [0.29, 0.717) is 17.3 Å². The highest BCUT2D eigenvalue weighted by molar-refractivity contribution is 5.80. The smallest absolute Gasteiger partial charge is 0.313 e. The van der Waals surface area contributed by atoms with Gasteiger partial charge in [-0.1, -0.05) is 33.1 Å². The normalized spacial score (nSPS) is 44.8. The lowest BCUT2D eigenvalue weighted by Crippen LogP contribution is -2.52. The predicted octanol–water partition coefficient (Wildman–Crippen LogP) is 4.88. The van der Waals surface area contributed by atoms with Gasteiger partial charge in [0.05, 0.1) is 17.9 Å². The molecule has 2 aliphatic carbocycles. The monoisotopic (exact) mass is 302 g/mol. The second kappa shape index (κ2) is 4.87. The number of ether oxygens (including phenoxy) is 1. The Kier molecular flexibility index (Phi) is 3.18. The molecule has 1 aromatic rings. The maximum atomic E-state index is 12.9. The van der Waals surface area contributed by atoms with Crippen molar-refractivity contribution in [3.05, 3.63) is 24.2 Å². The molecular formula is C19H26O3. The minimum absolute atomic E-state index is 0.0590. The molecule has 22 heavy (non-hydrogen) atoms. The molecule has 5 atom stereocenters. The third-order valence-corrected chi connectivity index (χ3v) is 7.18. The summed E-state index contributed by atoms with van der Waals surface area (Å²) in [5.74, 6) is 1.26. The van der Waals surface area contributed by atoms with Gasteiger partial charge >= 0.3 is 5.97 Å². The third-order valence-electron chi connectivity index (χ3n) is 7.18. The first-order chi connectivity index (χ1) is 10.6. The molecule has 2 saturated carbocycles. The standard InChI is InChI=1S/C19H26O3/c1-13-5-3-6-16-18(13,2)8-4-9-19(16)11-15(22-17(19)20)14-7-10-21-12-14/h7,10,12-13,15-16H,3-6,8-9,11H2,1-2H3/t13?,15-,16+,18+,19+/m1/s1. The molecule has 0 aromatic carbocycles. The molecule has 120 valence electrons. The minimum Gasteiger partial charge on any atom is -0.472 e. The molecule has 2 heterocycles. The molecule has 0 radical (unpaired) electrons. The zero-order valence-corrected chi connectivity index (χ0v) is 13.6. The lowest BCUT2D eigenvalue weighted by molar-refractivity contribution is -0.162. The number of furan rings is 1. The second-order valence-corrected chi connectivity index (χ2v) is 8.05. The Hall–Kier alpha value is -1.25. The fraction of sp³-hybridized carbons (Fsp3) is 0.737. The van der Waals surface area contributed by atoms with E-state index in [0.717, 1.165) is 24.8 Å². The fourth-order valence-electron chi connectivity index (χ4n) is 5.75. The first kappa shape index (κ1) is 14.3. The predicted molar refractivity (Wildman–Crippen MR) is 83.1 cm³/mol. The molecule has 0 N–H and O–H groups in total. The van der Waals surface area contributed by atoms with Crippen molar-refractivity contribution in [3.8, 4) is 0 Å². The van der Waals surface area contributed by atoms with Gasteiger partial charge in [0.1, 0.15) is 6.10 Å². The average molecular weight is 302 g/mol. The SMILES string of the molecule is CC1CCC[C@@H]2[C@]3(CCC[C@@]12C)C[C@H](c1ccoc1)OC3=O. The Morgan fingerprint density at radius 3 is 2.86 bits per heavy atom. The highest BCUT2D eigenvalue weighted by Crippen LogP contribution is 2.64. The number of rotatable bonds is 1. The molecule has 1 unspecified atom stereocenters. The molecule has 3 heteroatoms. The van der Waals surface area contributed by atoms with Gasteiger partial charge in [0.15, 0.2) is 0 Å². The van der Waals surface area contributed by atoms with Crippen LogP contribution in [-0.4, -0.2) is 5.97 Å². The van der Waals surface area contributed by atoms with E-state index in [1.165, 1.54) is 25.7 Å². The van der Waals surface area contributed by atoms with Crippen LogP contribution in [0.15, 0.2) is 23.0 Å². The van der Waals surface area contributed by atoms with Crippen LogP contribution in [0.3, 0.4) is 0 Å². The summed E-state index contributed by atoms with van der Waals surface area (Å²) >= 11 is 0. The van der Waals surface area contributed by atoms with Gasteiger partial charge in [-0.3, -0.25) is 4.79 Å². The van der Waals surface area contributed by atoms with E-state index in [2.05, 4.69) is 13.8 Å². The summed E-state index contributed by atoms with van der Waals surface area (Å²) in [6.07, 6.45) is 11.3. The van der Waals surface area contributed by atoms with Gasteiger partial charge in [0, 0.05) is 12.0 Å².